The number of methoxy groups -OCH3 is 1. The predicted octanol–water partition coefficient (Wildman–Crippen LogP) is 3.14. The van der Waals surface area contributed by atoms with Gasteiger partial charge in [0.25, 0.3) is 0 Å². The molecule has 2 aliphatic rings. The van der Waals surface area contributed by atoms with E-state index in [-0.39, 0.29) is 12.1 Å². The van der Waals surface area contributed by atoms with Crippen LogP contribution in [0.15, 0.2) is 46.0 Å². The number of ether oxygens (including phenoxy) is 2. The number of carbonyl (C=O) groups excluding carboxylic acids is 1. The number of aromatic nitrogens is 1. The molecular weight excluding hydrogens is 503 g/mol. The van der Waals surface area contributed by atoms with Gasteiger partial charge in [-0.15, -0.1) is 11.3 Å². The zero-order chi connectivity index (χ0) is 24.4. The van der Waals surface area contributed by atoms with Gasteiger partial charge >= 0.3 is 11.9 Å². The zero-order valence-electron chi connectivity index (χ0n) is 18.3. The van der Waals surface area contributed by atoms with E-state index in [1.165, 1.54) is 18.4 Å². The Morgan fingerprint density at radius 3 is 2.82 bits per heavy atom. The van der Waals surface area contributed by atoms with E-state index >= 15 is 0 Å². The van der Waals surface area contributed by atoms with Gasteiger partial charge in [0.1, 0.15) is 12.1 Å². The van der Waals surface area contributed by atoms with Crippen molar-refractivity contribution in [2.45, 2.75) is 25.1 Å². The molecule has 0 aliphatic carbocycles. The largest absolute Gasteiger partial charge is 0.480 e. The smallest absolute Gasteiger partial charge is 0.338 e. The Morgan fingerprint density at radius 1 is 1.38 bits per heavy atom. The third-order valence-electron chi connectivity index (χ3n) is 5.63. The Balaban J connectivity index is 1.83. The number of benzene rings is 1. The molecule has 1 aromatic carbocycles. The molecule has 34 heavy (non-hydrogen) atoms. The molecule has 3 heterocycles. The molecule has 9 nitrogen and oxygen atoms in total. The summed E-state index contributed by atoms with van der Waals surface area (Å²) in [5.41, 5.74) is 1.25. The van der Waals surface area contributed by atoms with Crippen molar-refractivity contribution < 1.29 is 24.2 Å². The fraction of sp³-hybridized carbons (Fsp3) is 0.364. The third-order valence-corrected chi connectivity index (χ3v) is 6.98. The number of rotatable bonds is 6. The van der Waals surface area contributed by atoms with Crippen molar-refractivity contribution in [1.82, 2.24) is 15.2 Å². The van der Waals surface area contributed by atoms with Crippen molar-refractivity contribution in [3.8, 4) is 0 Å². The van der Waals surface area contributed by atoms with Crippen molar-refractivity contribution in [3.63, 3.8) is 0 Å². The van der Waals surface area contributed by atoms with Crippen molar-refractivity contribution in [3.05, 3.63) is 61.7 Å². The van der Waals surface area contributed by atoms with E-state index in [0.717, 1.165) is 0 Å². The highest BCUT2D eigenvalue weighted by Gasteiger charge is 2.39. The van der Waals surface area contributed by atoms with Crippen LogP contribution in [0, 0.1) is 0 Å². The average Bonchev–Trinajstić information content (AvgIpc) is 3.33. The first-order valence-electron chi connectivity index (χ1n) is 10.4. The maximum absolute atomic E-state index is 13.0. The molecule has 0 radical (unpaired) electrons. The molecule has 2 N–H and O–H groups in total. The second-order valence-corrected chi connectivity index (χ2v) is 9.46. The Morgan fingerprint density at radius 2 is 2.18 bits per heavy atom. The number of esters is 1. The van der Waals surface area contributed by atoms with E-state index < -0.39 is 30.1 Å². The molecule has 0 amide bonds. The van der Waals surface area contributed by atoms with Crippen molar-refractivity contribution >= 4 is 52.3 Å². The minimum atomic E-state index is -1.01. The number of hydrogen-bond acceptors (Lipinski definition) is 9. The van der Waals surface area contributed by atoms with E-state index in [1.54, 1.807) is 36.2 Å². The summed E-state index contributed by atoms with van der Waals surface area (Å²) in [6.07, 6.45) is 1.13. The van der Waals surface area contributed by atoms with Crippen LogP contribution in [0.4, 0.5) is 0 Å². The van der Waals surface area contributed by atoms with Gasteiger partial charge in [-0.2, -0.15) is 0 Å². The third kappa shape index (κ3) is 4.96. The number of aliphatic carboxylic acids is 1. The van der Waals surface area contributed by atoms with Crippen molar-refractivity contribution in [1.29, 1.82) is 0 Å². The molecule has 1 aromatic heterocycles. The maximum atomic E-state index is 13.0. The number of aliphatic imine (C=N–C) groups is 1. The lowest BCUT2D eigenvalue weighted by Crippen LogP contribution is -2.56. The predicted molar refractivity (Wildman–Crippen MR) is 128 cm³/mol. The zero-order valence-corrected chi connectivity index (χ0v) is 20.7. The van der Waals surface area contributed by atoms with Gasteiger partial charge < -0.3 is 19.9 Å². The highest BCUT2D eigenvalue weighted by molar-refractivity contribution is 7.11. The van der Waals surface area contributed by atoms with Crippen LogP contribution >= 0.6 is 34.5 Å². The van der Waals surface area contributed by atoms with Crippen LogP contribution in [0.2, 0.25) is 10.0 Å². The molecule has 2 aliphatic heterocycles. The molecule has 0 saturated carbocycles. The number of halogens is 2. The van der Waals surface area contributed by atoms with Crippen LogP contribution in [-0.2, 0) is 19.1 Å². The lowest BCUT2D eigenvalue weighted by atomic mass is 9.95. The van der Waals surface area contributed by atoms with Crippen LogP contribution in [0.1, 0.15) is 23.5 Å². The van der Waals surface area contributed by atoms with Crippen LogP contribution in [-0.4, -0.2) is 71.7 Å². The number of nitrogens with one attached hydrogen (secondary N) is 1. The van der Waals surface area contributed by atoms with Gasteiger partial charge in [-0.05, 0) is 19.1 Å². The summed E-state index contributed by atoms with van der Waals surface area (Å²) in [7, 11) is 1.28. The van der Waals surface area contributed by atoms with Gasteiger partial charge in [-0.3, -0.25) is 14.7 Å². The molecule has 3 unspecified atom stereocenters. The topological polar surface area (TPSA) is 113 Å². The fourth-order valence-corrected chi connectivity index (χ4v) is 5.19. The SMILES string of the molecule is COC(=O)C1=C(CN2CCOC(C)C2C(=O)O)NC(c2nccs2)=NC1c1ccc(Cl)cc1Cl. The van der Waals surface area contributed by atoms with Crippen molar-refractivity contribution in [2.24, 2.45) is 4.99 Å². The fourth-order valence-electron chi connectivity index (χ4n) is 4.09. The van der Waals surface area contributed by atoms with Crippen LogP contribution in [0.3, 0.4) is 0 Å². The van der Waals surface area contributed by atoms with E-state index in [0.29, 0.717) is 45.3 Å². The number of carbonyl (C=O) groups is 2. The summed E-state index contributed by atoms with van der Waals surface area (Å²) in [4.78, 5) is 35.9. The Bertz CT molecular complexity index is 1150. The summed E-state index contributed by atoms with van der Waals surface area (Å²) in [5, 5.41) is 16.2. The second kappa shape index (κ2) is 10.4. The van der Waals surface area contributed by atoms with E-state index in [1.807, 2.05) is 5.38 Å². The molecule has 3 atom stereocenters. The van der Waals surface area contributed by atoms with Gasteiger partial charge in [0.05, 0.1) is 25.4 Å². The standard InChI is InChI=1S/C22H22Cl2N4O5S/c1-11-18(21(29)30)28(6-7-33-11)10-15-16(22(31)32-2)17(13-4-3-12(23)9-14(13)24)27-19(26-15)20-25-5-8-34-20/h3-5,8-9,11,17-18H,6-7,10H2,1-2H3,(H,26,27)(H,29,30). The Hall–Kier alpha value is -2.50. The first-order chi connectivity index (χ1) is 16.3. The summed E-state index contributed by atoms with van der Waals surface area (Å²) < 4.78 is 10.6. The first-order valence-corrected chi connectivity index (χ1v) is 12.0. The summed E-state index contributed by atoms with van der Waals surface area (Å²) in [6, 6.07) is 3.26. The van der Waals surface area contributed by atoms with Crippen LogP contribution in [0.5, 0.6) is 0 Å². The monoisotopic (exact) mass is 524 g/mol. The number of amidine groups is 1. The lowest BCUT2D eigenvalue weighted by Gasteiger charge is -2.38. The molecule has 1 fully saturated rings. The lowest BCUT2D eigenvalue weighted by molar-refractivity contribution is -0.155. The van der Waals surface area contributed by atoms with Gasteiger partial charge in [0, 0.05) is 46.0 Å². The summed E-state index contributed by atoms with van der Waals surface area (Å²) >= 11 is 14.0. The van der Waals surface area contributed by atoms with Crippen LogP contribution in [0.25, 0.3) is 0 Å². The number of morpholine rings is 1. The Kier molecular flexibility index (Phi) is 7.54. The molecule has 1 saturated heterocycles. The summed E-state index contributed by atoms with van der Waals surface area (Å²) in [5.74, 6) is -1.16. The Labute approximate surface area is 210 Å². The first kappa shape index (κ1) is 24.6. The molecule has 4 rings (SSSR count). The molecule has 12 heteroatoms. The molecular formula is C22H22Cl2N4O5S. The molecule has 0 spiro atoms. The number of hydrogen-bond donors (Lipinski definition) is 2. The van der Waals surface area contributed by atoms with E-state index in [9.17, 15) is 14.7 Å². The average molecular weight is 525 g/mol. The van der Waals surface area contributed by atoms with Gasteiger partial charge in [-0.25, -0.2) is 9.78 Å². The van der Waals surface area contributed by atoms with Gasteiger partial charge in [-0.1, -0.05) is 29.3 Å². The van der Waals surface area contributed by atoms with Gasteiger partial charge in [0.2, 0.25) is 0 Å². The van der Waals surface area contributed by atoms with Crippen molar-refractivity contribution in [2.75, 3.05) is 26.8 Å². The molecule has 180 valence electrons. The minimum Gasteiger partial charge on any atom is -0.480 e. The quantitative estimate of drug-likeness (QED) is 0.554. The van der Waals surface area contributed by atoms with Gasteiger partial charge in [0.15, 0.2) is 10.8 Å². The highest BCUT2D eigenvalue weighted by Crippen LogP contribution is 2.37. The number of nitrogens with zero attached hydrogens (tertiary/aromatic N) is 3. The normalized spacial score (nSPS) is 23.3. The minimum absolute atomic E-state index is 0.126. The molecule has 2 aromatic rings. The van der Waals surface area contributed by atoms with E-state index in [4.69, 9.17) is 37.7 Å². The number of thiazole rings is 1. The van der Waals surface area contributed by atoms with E-state index in [2.05, 4.69) is 10.3 Å². The molecule has 0 bridgehead atoms. The summed E-state index contributed by atoms with van der Waals surface area (Å²) in [6.45, 7) is 2.58. The number of carboxylic acid groups (broad SMARTS) is 1. The van der Waals surface area contributed by atoms with Crippen LogP contribution < -0.4 is 5.32 Å². The maximum Gasteiger partial charge on any atom is 0.338 e. The second-order valence-electron chi connectivity index (χ2n) is 7.72. The highest BCUT2D eigenvalue weighted by atomic mass is 35.5. The number of carboxylic acids is 1.